The second-order valence-electron chi connectivity index (χ2n) is 7.16. The smallest absolute Gasteiger partial charge is 0.274 e. The summed E-state index contributed by atoms with van der Waals surface area (Å²) >= 11 is 0. The van der Waals surface area contributed by atoms with Gasteiger partial charge in [-0.3, -0.25) is 9.59 Å². The number of amides is 1. The van der Waals surface area contributed by atoms with E-state index in [4.69, 9.17) is 0 Å². The van der Waals surface area contributed by atoms with Crippen LogP contribution in [0.1, 0.15) is 35.0 Å². The lowest BCUT2D eigenvalue weighted by molar-refractivity contribution is 0.0945. The van der Waals surface area contributed by atoms with Crippen molar-refractivity contribution in [1.82, 2.24) is 20.0 Å². The van der Waals surface area contributed by atoms with Crippen molar-refractivity contribution in [3.8, 4) is 0 Å². The summed E-state index contributed by atoms with van der Waals surface area (Å²) in [6.45, 7) is 3.74. The highest BCUT2D eigenvalue weighted by atomic mass is 16.2. The van der Waals surface area contributed by atoms with Crippen molar-refractivity contribution >= 4 is 16.7 Å². The predicted molar refractivity (Wildman–Crippen MR) is 111 cm³/mol. The summed E-state index contributed by atoms with van der Waals surface area (Å²) in [5.41, 5.74) is 2.36. The lowest BCUT2D eigenvalue weighted by Crippen LogP contribution is -2.30. The van der Waals surface area contributed by atoms with Crippen molar-refractivity contribution in [1.29, 1.82) is 0 Å². The van der Waals surface area contributed by atoms with E-state index in [1.54, 1.807) is 18.2 Å². The average Bonchev–Trinajstić information content (AvgIpc) is 2.69. The van der Waals surface area contributed by atoms with Crippen LogP contribution in [-0.4, -0.2) is 34.7 Å². The minimum atomic E-state index is -0.279. The predicted octanol–water partition coefficient (Wildman–Crippen LogP) is 2.80. The number of hydrogen-bond acceptors (Lipinski definition) is 4. The Morgan fingerprint density at radius 1 is 1.04 bits per heavy atom. The zero-order valence-electron chi connectivity index (χ0n) is 16.6. The molecule has 6 nitrogen and oxygen atoms in total. The second-order valence-corrected chi connectivity index (χ2v) is 7.16. The lowest BCUT2D eigenvalue weighted by Gasteiger charge is -2.12. The van der Waals surface area contributed by atoms with E-state index in [1.807, 2.05) is 39.2 Å². The molecule has 1 N–H and O–H groups in total. The van der Waals surface area contributed by atoms with E-state index in [2.05, 4.69) is 27.4 Å². The molecule has 1 amide bonds. The molecule has 0 unspecified atom stereocenters. The van der Waals surface area contributed by atoms with Gasteiger partial charge in [-0.15, -0.1) is 0 Å². The molecule has 0 saturated heterocycles. The van der Waals surface area contributed by atoms with Crippen LogP contribution in [0.2, 0.25) is 0 Å². The maximum Gasteiger partial charge on any atom is 0.274 e. The first-order valence-electron chi connectivity index (χ1n) is 9.50. The van der Waals surface area contributed by atoms with E-state index < -0.39 is 0 Å². The van der Waals surface area contributed by atoms with Crippen molar-refractivity contribution < 1.29 is 4.79 Å². The quantitative estimate of drug-likeness (QED) is 0.687. The highest BCUT2D eigenvalue weighted by molar-refractivity contribution is 6.04. The fraction of sp³-hybridized carbons (Fsp3) is 0.318. The van der Waals surface area contributed by atoms with E-state index in [0.717, 1.165) is 18.5 Å². The van der Waals surface area contributed by atoms with E-state index in [9.17, 15) is 9.59 Å². The summed E-state index contributed by atoms with van der Waals surface area (Å²) in [7, 11) is 4.06. The molecule has 28 heavy (non-hydrogen) atoms. The van der Waals surface area contributed by atoms with Crippen molar-refractivity contribution in [3.05, 3.63) is 75.7 Å². The van der Waals surface area contributed by atoms with Gasteiger partial charge in [-0.05, 0) is 37.7 Å². The normalized spacial score (nSPS) is 11.1. The fourth-order valence-electron chi connectivity index (χ4n) is 3.16. The summed E-state index contributed by atoms with van der Waals surface area (Å²) in [5.74, 6) is -0.279. The first kappa shape index (κ1) is 19.8. The van der Waals surface area contributed by atoms with E-state index in [1.165, 1.54) is 10.2 Å². The number of nitrogens with zero attached hydrogens (tertiary/aromatic N) is 3. The minimum Gasteiger partial charge on any atom is -0.347 e. The van der Waals surface area contributed by atoms with Gasteiger partial charge in [-0.1, -0.05) is 49.4 Å². The molecular formula is C22H26N4O2. The highest BCUT2D eigenvalue weighted by Crippen LogP contribution is 2.14. The molecule has 146 valence electrons. The van der Waals surface area contributed by atoms with Crippen LogP contribution in [0, 0.1) is 0 Å². The molecule has 0 bridgehead atoms. The largest absolute Gasteiger partial charge is 0.347 e. The molecule has 1 aromatic heterocycles. The zero-order chi connectivity index (χ0) is 20.1. The van der Waals surface area contributed by atoms with Gasteiger partial charge >= 0.3 is 0 Å². The topological polar surface area (TPSA) is 67.2 Å². The Morgan fingerprint density at radius 2 is 1.68 bits per heavy atom. The van der Waals surface area contributed by atoms with Crippen LogP contribution >= 0.6 is 0 Å². The molecule has 1 heterocycles. The maximum absolute atomic E-state index is 12.8. The molecule has 0 fully saturated rings. The van der Waals surface area contributed by atoms with Gasteiger partial charge in [0, 0.05) is 25.0 Å². The van der Waals surface area contributed by atoms with Gasteiger partial charge in [0.25, 0.3) is 11.5 Å². The van der Waals surface area contributed by atoms with Crippen molar-refractivity contribution in [3.63, 3.8) is 0 Å². The number of carbonyl (C=O) groups excluding carboxylic acids is 1. The second kappa shape index (κ2) is 8.80. The summed E-state index contributed by atoms with van der Waals surface area (Å²) in [5, 5.41) is 8.36. The standard InChI is InChI=1S/C22H26N4O2/c1-4-13-26-22(28)19-8-6-5-7-18(19)20(24-26)21(27)23-14-16-9-11-17(12-10-16)15-25(2)3/h5-12H,4,13-15H2,1-3H3,(H,23,27). The van der Waals surface area contributed by atoms with Gasteiger partial charge < -0.3 is 10.2 Å². The van der Waals surface area contributed by atoms with Gasteiger partial charge in [-0.25, -0.2) is 4.68 Å². The SMILES string of the molecule is CCCn1nc(C(=O)NCc2ccc(CN(C)C)cc2)c2ccccc2c1=O. The van der Waals surface area contributed by atoms with Crippen LogP contribution < -0.4 is 10.9 Å². The summed E-state index contributed by atoms with van der Waals surface area (Å²) in [6.07, 6.45) is 0.769. The van der Waals surface area contributed by atoms with Crippen molar-refractivity contribution in [2.75, 3.05) is 14.1 Å². The lowest BCUT2D eigenvalue weighted by atomic mass is 10.1. The molecule has 0 saturated carbocycles. The van der Waals surface area contributed by atoms with Crippen molar-refractivity contribution in [2.24, 2.45) is 0 Å². The molecule has 0 atom stereocenters. The van der Waals surface area contributed by atoms with Crippen LogP contribution in [0.4, 0.5) is 0 Å². The number of carbonyl (C=O) groups is 1. The molecule has 0 aliphatic rings. The average molecular weight is 378 g/mol. The van der Waals surface area contributed by atoms with Gasteiger partial charge in [0.2, 0.25) is 0 Å². The van der Waals surface area contributed by atoms with E-state index in [0.29, 0.717) is 23.9 Å². The Hall–Kier alpha value is -2.99. The van der Waals surface area contributed by atoms with E-state index >= 15 is 0 Å². The van der Waals surface area contributed by atoms with Crippen molar-refractivity contribution in [2.45, 2.75) is 33.0 Å². The first-order valence-corrected chi connectivity index (χ1v) is 9.50. The summed E-state index contributed by atoms with van der Waals surface area (Å²) in [4.78, 5) is 27.5. The summed E-state index contributed by atoms with van der Waals surface area (Å²) in [6, 6.07) is 15.3. The van der Waals surface area contributed by atoms with Gasteiger partial charge in [0.05, 0.1) is 5.39 Å². The third-order valence-corrected chi connectivity index (χ3v) is 4.49. The summed E-state index contributed by atoms with van der Waals surface area (Å²) < 4.78 is 1.38. The molecular weight excluding hydrogens is 352 g/mol. The number of aromatic nitrogens is 2. The molecule has 0 radical (unpaired) electrons. The van der Waals surface area contributed by atoms with Crippen LogP contribution in [-0.2, 0) is 19.6 Å². The Labute approximate surface area is 164 Å². The third-order valence-electron chi connectivity index (χ3n) is 4.49. The van der Waals surface area contributed by atoms with E-state index in [-0.39, 0.29) is 17.2 Å². The molecule has 3 aromatic rings. The Bertz CT molecular complexity index is 1020. The maximum atomic E-state index is 12.8. The van der Waals surface area contributed by atoms with Gasteiger partial charge in [0.1, 0.15) is 0 Å². The third kappa shape index (κ3) is 4.46. The Balaban J connectivity index is 1.81. The van der Waals surface area contributed by atoms with Gasteiger partial charge in [-0.2, -0.15) is 5.10 Å². The van der Waals surface area contributed by atoms with Crippen LogP contribution in [0.5, 0.6) is 0 Å². The molecule has 0 spiro atoms. The number of rotatable bonds is 7. The molecule has 3 rings (SSSR count). The first-order chi connectivity index (χ1) is 13.5. The molecule has 6 heteroatoms. The van der Waals surface area contributed by atoms with Crippen LogP contribution in [0.25, 0.3) is 10.8 Å². The number of benzene rings is 2. The van der Waals surface area contributed by atoms with Gasteiger partial charge in [0.15, 0.2) is 5.69 Å². The monoisotopic (exact) mass is 378 g/mol. The minimum absolute atomic E-state index is 0.162. The number of hydrogen-bond donors (Lipinski definition) is 1. The van der Waals surface area contributed by atoms with Crippen LogP contribution in [0.3, 0.4) is 0 Å². The van der Waals surface area contributed by atoms with Crippen LogP contribution in [0.15, 0.2) is 53.3 Å². The number of fused-ring (bicyclic) bond motifs is 1. The Morgan fingerprint density at radius 3 is 2.32 bits per heavy atom. The molecule has 0 aliphatic carbocycles. The highest BCUT2D eigenvalue weighted by Gasteiger charge is 2.16. The fourth-order valence-corrected chi connectivity index (χ4v) is 3.16. The zero-order valence-corrected chi connectivity index (χ0v) is 16.6. The number of nitrogens with one attached hydrogen (secondary N) is 1. The number of aryl methyl sites for hydroxylation is 1. The molecule has 2 aromatic carbocycles. The Kier molecular flexibility index (Phi) is 6.21. The molecule has 0 aliphatic heterocycles.